The van der Waals surface area contributed by atoms with Gasteiger partial charge in [0.05, 0.1) is 17.8 Å². The number of ether oxygens (including phenoxy) is 1. The highest BCUT2D eigenvalue weighted by atomic mass is 79.9. The Labute approximate surface area is 120 Å². The molecule has 0 aliphatic rings. The number of hydrogen-bond donors (Lipinski definition) is 1. The van der Waals surface area contributed by atoms with Crippen molar-refractivity contribution in [1.82, 2.24) is 0 Å². The summed E-state index contributed by atoms with van der Waals surface area (Å²) in [6.45, 7) is 0.659. The van der Waals surface area contributed by atoms with Crippen LogP contribution in [0.3, 0.4) is 0 Å². The highest BCUT2D eigenvalue weighted by molar-refractivity contribution is 9.10. The number of methoxy groups -OCH3 is 1. The van der Waals surface area contributed by atoms with Gasteiger partial charge in [-0.15, -0.1) is 0 Å². The summed E-state index contributed by atoms with van der Waals surface area (Å²) < 4.78 is 6.35. The standard InChI is InChI=1S/C14H13BrClNO/c1-18-14-7-6-11(15)8-10(14)9-17-13-5-3-2-4-12(13)16/h2-8,17H,9H2,1H3. The number of rotatable bonds is 4. The van der Waals surface area contributed by atoms with Crippen molar-refractivity contribution in [2.75, 3.05) is 12.4 Å². The van der Waals surface area contributed by atoms with Crippen LogP contribution in [0.25, 0.3) is 0 Å². The molecular formula is C14H13BrClNO. The van der Waals surface area contributed by atoms with E-state index in [1.165, 1.54) is 0 Å². The van der Waals surface area contributed by atoms with Gasteiger partial charge < -0.3 is 10.1 Å². The van der Waals surface area contributed by atoms with E-state index < -0.39 is 0 Å². The zero-order valence-corrected chi connectivity index (χ0v) is 12.3. The summed E-state index contributed by atoms with van der Waals surface area (Å²) in [6.07, 6.45) is 0. The quantitative estimate of drug-likeness (QED) is 0.877. The fourth-order valence-corrected chi connectivity index (χ4v) is 2.29. The van der Waals surface area contributed by atoms with Gasteiger partial charge in [-0.2, -0.15) is 0 Å². The third kappa shape index (κ3) is 3.18. The summed E-state index contributed by atoms with van der Waals surface area (Å²) in [5.74, 6) is 0.859. The second kappa shape index (κ2) is 6.12. The van der Waals surface area contributed by atoms with Crippen molar-refractivity contribution in [2.24, 2.45) is 0 Å². The second-order valence-electron chi connectivity index (χ2n) is 3.79. The number of hydrogen-bond acceptors (Lipinski definition) is 2. The van der Waals surface area contributed by atoms with Crippen LogP contribution in [0, 0.1) is 0 Å². The largest absolute Gasteiger partial charge is 0.496 e. The molecule has 94 valence electrons. The topological polar surface area (TPSA) is 21.3 Å². The number of halogens is 2. The van der Waals surface area contributed by atoms with Crippen molar-refractivity contribution in [3.8, 4) is 5.75 Å². The summed E-state index contributed by atoms with van der Waals surface area (Å²) in [6, 6.07) is 13.6. The Morgan fingerprint density at radius 1 is 1.22 bits per heavy atom. The van der Waals surface area contributed by atoms with Crippen LogP contribution in [0.5, 0.6) is 5.75 Å². The average Bonchev–Trinajstić information content (AvgIpc) is 2.38. The van der Waals surface area contributed by atoms with Gasteiger partial charge in [-0.1, -0.05) is 39.7 Å². The van der Waals surface area contributed by atoms with Crippen LogP contribution in [0.2, 0.25) is 5.02 Å². The van der Waals surface area contributed by atoms with Crippen LogP contribution in [0.4, 0.5) is 5.69 Å². The molecule has 0 aliphatic carbocycles. The van der Waals surface area contributed by atoms with Gasteiger partial charge in [0.2, 0.25) is 0 Å². The molecular weight excluding hydrogens is 314 g/mol. The van der Waals surface area contributed by atoms with Crippen molar-refractivity contribution in [1.29, 1.82) is 0 Å². The van der Waals surface area contributed by atoms with E-state index in [4.69, 9.17) is 16.3 Å². The van der Waals surface area contributed by atoms with Crippen molar-refractivity contribution >= 4 is 33.2 Å². The molecule has 0 saturated carbocycles. The van der Waals surface area contributed by atoms with E-state index in [2.05, 4.69) is 21.2 Å². The molecule has 0 aromatic heterocycles. The lowest BCUT2D eigenvalue weighted by atomic mass is 10.2. The molecule has 0 aliphatic heterocycles. The highest BCUT2D eigenvalue weighted by Crippen LogP contribution is 2.26. The van der Waals surface area contributed by atoms with Crippen molar-refractivity contribution in [3.05, 3.63) is 57.5 Å². The summed E-state index contributed by atoms with van der Waals surface area (Å²) in [4.78, 5) is 0. The predicted molar refractivity (Wildman–Crippen MR) is 79.5 cm³/mol. The molecule has 1 N–H and O–H groups in total. The number of para-hydroxylation sites is 1. The minimum absolute atomic E-state index is 0.659. The molecule has 18 heavy (non-hydrogen) atoms. The van der Waals surface area contributed by atoms with E-state index in [1.807, 2.05) is 42.5 Å². The van der Waals surface area contributed by atoms with Gasteiger partial charge >= 0.3 is 0 Å². The third-order valence-electron chi connectivity index (χ3n) is 2.59. The second-order valence-corrected chi connectivity index (χ2v) is 5.11. The Hall–Kier alpha value is -1.19. The lowest BCUT2D eigenvalue weighted by molar-refractivity contribution is 0.410. The number of anilines is 1. The lowest BCUT2D eigenvalue weighted by Gasteiger charge is -2.12. The van der Waals surface area contributed by atoms with Crippen LogP contribution in [-0.4, -0.2) is 7.11 Å². The van der Waals surface area contributed by atoms with Gasteiger partial charge in [-0.05, 0) is 30.3 Å². The average molecular weight is 327 g/mol. The molecule has 0 atom stereocenters. The Bertz CT molecular complexity index is 545. The maximum absolute atomic E-state index is 6.09. The van der Waals surface area contributed by atoms with Crippen LogP contribution in [0.1, 0.15) is 5.56 Å². The van der Waals surface area contributed by atoms with E-state index in [0.717, 1.165) is 21.5 Å². The lowest BCUT2D eigenvalue weighted by Crippen LogP contribution is -2.02. The molecule has 0 unspecified atom stereocenters. The van der Waals surface area contributed by atoms with Crippen molar-refractivity contribution < 1.29 is 4.74 Å². The van der Waals surface area contributed by atoms with E-state index in [1.54, 1.807) is 7.11 Å². The molecule has 0 fully saturated rings. The minimum Gasteiger partial charge on any atom is -0.496 e. The maximum atomic E-state index is 6.09. The monoisotopic (exact) mass is 325 g/mol. The molecule has 4 heteroatoms. The van der Waals surface area contributed by atoms with Gasteiger partial charge in [0.25, 0.3) is 0 Å². The fraction of sp³-hybridized carbons (Fsp3) is 0.143. The first-order valence-corrected chi connectivity index (χ1v) is 6.68. The minimum atomic E-state index is 0.659. The fourth-order valence-electron chi connectivity index (χ4n) is 1.68. The normalized spacial score (nSPS) is 10.2. The summed E-state index contributed by atoms with van der Waals surface area (Å²) in [5.41, 5.74) is 1.99. The van der Waals surface area contributed by atoms with Gasteiger partial charge in [0.1, 0.15) is 5.75 Å². The molecule has 0 amide bonds. The SMILES string of the molecule is COc1ccc(Br)cc1CNc1ccccc1Cl. The van der Waals surface area contributed by atoms with Gasteiger partial charge in [0, 0.05) is 16.6 Å². The Balaban J connectivity index is 2.15. The summed E-state index contributed by atoms with van der Waals surface area (Å²) in [7, 11) is 1.67. The van der Waals surface area contributed by atoms with E-state index >= 15 is 0 Å². The molecule has 0 heterocycles. The first-order valence-electron chi connectivity index (χ1n) is 5.51. The molecule has 2 rings (SSSR count). The zero-order chi connectivity index (χ0) is 13.0. The van der Waals surface area contributed by atoms with Crippen molar-refractivity contribution in [3.63, 3.8) is 0 Å². The smallest absolute Gasteiger partial charge is 0.123 e. The van der Waals surface area contributed by atoms with Crippen LogP contribution >= 0.6 is 27.5 Å². The van der Waals surface area contributed by atoms with Gasteiger partial charge in [-0.25, -0.2) is 0 Å². The van der Waals surface area contributed by atoms with E-state index in [-0.39, 0.29) is 0 Å². The Morgan fingerprint density at radius 2 is 2.00 bits per heavy atom. The number of benzene rings is 2. The molecule has 2 nitrogen and oxygen atoms in total. The molecule has 2 aromatic carbocycles. The van der Waals surface area contributed by atoms with Gasteiger partial charge in [-0.3, -0.25) is 0 Å². The summed E-state index contributed by atoms with van der Waals surface area (Å²) in [5, 5.41) is 4.01. The van der Waals surface area contributed by atoms with Crippen LogP contribution < -0.4 is 10.1 Å². The Morgan fingerprint density at radius 3 is 2.72 bits per heavy atom. The summed E-state index contributed by atoms with van der Waals surface area (Å²) >= 11 is 9.55. The van der Waals surface area contributed by atoms with Crippen LogP contribution in [-0.2, 0) is 6.54 Å². The molecule has 0 spiro atoms. The van der Waals surface area contributed by atoms with Gasteiger partial charge in [0.15, 0.2) is 0 Å². The van der Waals surface area contributed by atoms with Crippen molar-refractivity contribution in [2.45, 2.75) is 6.54 Å². The maximum Gasteiger partial charge on any atom is 0.123 e. The molecule has 0 saturated heterocycles. The zero-order valence-electron chi connectivity index (χ0n) is 9.91. The number of nitrogens with one attached hydrogen (secondary N) is 1. The highest BCUT2D eigenvalue weighted by Gasteiger charge is 2.04. The Kier molecular flexibility index (Phi) is 4.50. The third-order valence-corrected chi connectivity index (χ3v) is 3.41. The van der Waals surface area contributed by atoms with E-state index in [9.17, 15) is 0 Å². The first kappa shape index (κ1) is 13.2. The predicted octanol–water partition coefficient (Wildman–Crippen LogP) is 4.72. The molecule has 2 aromatic rings. The molecule has 0 bridgehead atoms. The van der Waals surface area contributed by atoms with Crippen LogP contribution in [0.15, 0.2) is 46.9 Å². The van der Waals surface area contributed by atoms with E-state index in [0.29, 0.717) is 11.6 Å². The first-order chi connectivity index (χ1) is 8.70. The molecule has 0 radical (unpaired) electrons.